The van der Waals surface area contributed by atoms with Crippen LogP contribution in [0.2, 0.25) is 0 Å². The average Bonchev–Trinajstić information content (AvgIpc) is 2.69. The molecule has 0 saturated heterocycles. The second-order valence-corrected chi connectivity index (χ2v) is 10.3. The number of carbonyl (C=O) groups excluding carboxylic acids is 1. The second kappa shape index (κ2) is 10.9. The monoisotopic (exact) mass is 495 g/mol. The van der Waals surface area contributed by atoms with Gasteiger partial charge in [-0.05, 0) is 25.0 Å². The van der Waals surface area contributed by atoms with E-state index in [0.29, 0.717) is 6.54 Å². The predicted molar refractivity (Wildman–Crippen MR) is 119 cm³/mol. The molecule has 188 valence electrons. The topological polar surface area (TPSA) is 88.2 Å². The molecule has 1 aromatic carbocycles. The molecule has 1 N–H and O–H groups in total. The summed E-state index contributed by atoms with van der Waals surface area (Å²) in [4.78, 5) is 16.3. The number of halogens is 3. The van der Waals surface area contributed by atoms with Crippen LogP contribution in [0.25, 0.3) is 0 Å². The Morgan fingerprint density at radius 2 is 1.91 bits per heavy atom. The molecule has 12 heteroatoms. The first-order valence-electron chi connectivity index (χ1n) is 10.5. The highest BCUT2D eigenvalue weighted by Gasteiger charge is 2.32. The fourth-order valence-corrected chi connectivity index (χ4v) is 4.26. The maximum atomic E-state index is 13.1. The fraction of sp³-hybridized carbons (Fsp3) is 0.667. The average molecular weight is 496 g/mol. The Balaban J connectivity index is 2.42. The largest absolute Gasteiger partial charge is 0.491 e. The highest BCUT2D eigenvalue weighted by Crippen LogP contribution is 2.28. The molecule has 0 aliphatic carbocycles. The minimum Gasteiger partial charge on any atom is -0.491 e. The Kier molecular flexibility index (Phi) is 9.00. The van der Waals surface area contributed by atoms with Crippen LogP contribution in [0.1, 0.15) is 30.6 Å². The number of rotatable bonds is 5. The standard InChI is InChI=1S/C21H32F3N3O5S/c1-14-11-27(9-8-21(22,23)24)15(2)13-32-18-10-16(25-33(5,29)30)6-7-17(18)20(28)26(3)12-19(14)31-4/h6-7,10,14-15,19,25H,8-9,11-13H2,1-5H3/t14-,15+,19-/m0/s1. The molecular formula is C21H32F3N3O5S. The number of amides is 1. The normalized spacial score (nSPS) is 23.8. The van der Waals surface area contributed by atoms with E-state index in [1.807, 2.05) is 6.92 Å². The van der Waals surface area contributed by atoms with E-state index < -0.39 is 34.8 Å². The van der Waals surface area contributed by atoms with Crippen molar-refractivity contribution in [2.24, 2.45) is 5.92 Å². The molecule has 3 atom stereocenters. The molecule has 0 unspecified atom stereocenters. The maximum absolute atomic E-state index is 13.1. The van der Waals surface area contributed by atoms with Crippen LogP contribution in [-0.4, -0.2) is 89.1 Å². The van der Waals surface area contributed by atoms with Gasteiger partial charge in [0.05, 0.1) is 30.0 Å². The number of alkyl halides is 3. The fourth-order valence-electron chi connectivity index (χ4n) is 3.71. The van der Waals surface area contributed by atoms with E-state index in [4.69, 9.17) is 9.47 Å². The number of fused-ring (bicyclic) bond motifs is 1. The predicted octanol–water partition coefficient (Wildman–Crippen LogP) is 2.82. The summed E-state index contributed by atoms with van der Waals surface area (Å²) < 4.78 is 75.7. The third-order valence-corrected chi connectivity index (χ3v) is 6.17. The lowest BCUT2D eigenvalue weighted by molar-refractivity contribution is -0.140. The molecule has 1 heterocycles. The van der Waals surface area contributed by atoms with Crippen LogP contribution in [0.15, 0.2) is 18.2 Å². The van der Waals surface area contributed by atoms with Crippen LogP contribution in [0, 0.1) is 5.92 Å². The van der Waals surface area contributed by atoms with Crippen molar-refractivity contribution in [3.63, 3.8) is 0 Å². The van der Waals surface area contributed by atoms with Gasteiger partial charge in [0.2, 0.25) is 10.0 Å². The molecule has 0 bridgehead atoms. The molecule has 8 nitrogen and oxygen atoms in total. The molecule has 1 aliphatic rings. The Morgan fingerprint density at radius 1 is 1.24 bits per heavy atom. The lowest BCUT2D eigenvalue weighted by atomic mass is 10.0. The smallest absolute Gasteiger partial charge is 0.390 e. The number of sulfonamides is 1. The number of benzene rings is 1. The third kappa shape index (κ3) is 8.35. The second-order valence-electron chi connectivity index (χ2n) is 8.54. The zero-order valence-electron chi connectivity index (χ0n) is 19.5. The molecule has 2 rings (SSSR count). The first-order chi connectivity index (χ1) is 15.2. The van der Waals surface area contributed by atoms with E-state index in [2.05, 4.69) is 4.72 Å². The van der Waals surface area contributed by atoms with Gasteiger partial charge in [0.25, 0.3) is 5.91 Å². The minimum atomic E-state index is -4.29. The lowest BCUT2D eigenvalue weighted by Gasteiger charge is -2.36. The minimum absolute atomic E-state index is 0.00848. The van der Waals surface area contributed by atoms with Crippen LogP contribution in [0.4, 0.5) is 18.9 Å². The molecule has 0 saturated carbocycles. The quantitative estimate of drug-likeness (QED) is 0.676. The van der Waals surface area contributed by atoms with Gasteiger partial charge in [0.1, 0.15) is 12.4 Å². The summed E-state index contributed by atoms with van der Waals surface area (Å²) in [5.41, 5.74) is 0.428. The molecule has 0 radical (unpaired) electrons. The van der Waals surface area contributed by atoms with Crippen LogP contribution < -0.4 is 9.46 Å². The third-order valence-electron chi connectivity index (χ3n) is 5.56. The SMILES string of the molecule is CO[C@H]1CN(C)C(=O)c2ccc(NS(C)(=O)=O)cc2OC[C@@H](C)N(CCC(F)(F)F)C[C@@H]1C. The van der Waals surface area contributed by atoms with Crippen molar-refractivity contribution in [2.45, 2.75) is 38.6 Å². The zero-order chi connectivity index (χ0) is 25.0. The van der Waals surface area contributed by atoms with Gasteiger partial charge in [0.15, 0.2) is 0 Å². The number of carbonyl (C=O) groups is 1. The number of nitrogens with zero attached hydrogens (tertiary/aromatic N) is 2. The zero-order valence-corrected chi connectivity index (χ0v) is 20.3. The highest BCUT2D eigenvalue weighted by molar-refractivity contribution is 7.92. The van der Waals surface area contributed by atoms with Gasteiger partial charge in [-0.1, -0.05) is 6.92 Å². The van der Waals surface area contributed by atoms with E-state index in [0.717, 1.165) is 6.26 Å². The Labute approximate surface area is 193 Å². The number of anilines is 1. The van der Waals surface area contributed by atoms with Crippen molar-refractivity contribution in [1.82, 2.24) is 9.80 Å². The summed E-state index contributed by atoms with van der Waals surface area (Å²) in [5.74, 6) is -0.348. The Bertz CT molecular complexity index is 926. The first kappa shape index (κ1) is 27.2. The van der Waals surface area contributed by atoms with Crippen LogP contribution in [-0.2, 0) is 14.8 Å². The van der Waals surface area contributed by atoms with E-state index in [9.17, 15) is 26.4 Å². The van der Waals surface area contributed by atoms with Crippen LogP contribution in [0.3, 0.4) is 0 Å². The first-order valence-corrected chi connectivity index (χ1v) is 12.4. The number of hydrogen-bond acceptors (Lipinski definition) is 6. The van der Waals surface area contributed by atoms with Gasteiger partial charge in [-0.15, -0.1) is 0 Å². The maximum Gasteiger partial charge on any atom is 0.390 e. The van der Waals surface area contributed by atoms with Crippen molar-refractivity contribution in [3.05, 3.63) is 23.8 Å². The van der Waals surface area contributed by atoms with E-state index >= 15 is 0 Å². The van der Waals surface area contributed by atoms with E-state index in [1.54, 1.807) is 18.9 Å². The van der Waals surface area contributed by atoms with E-state index in [-0.39, 0.29) is 48.5 Å². The molecule has 0 fully saturated rings. The summed E-state index contributed by atoms with van der Waals surface area (Å²) >= 11 is 0. The van der Waals surface area contributed by atoms with Crippen molar-refractivity contribution in [2.75, 3.05) is 51.4 Å². The Morgan fingerprint density at radius 3 is 2.48 bits per heavy atom. The number of likely N-dealkylation sites (N-methyl/N-ethyl adjacent to an activating group) is 1. The number of hydrogen-bond donors (Lipinski definition) is 1. The summed E-state index contributed by atoms with van der Waals surface area (Å²) in [6, 6.07) is 3.91. The van der Waals surface area contributed by atoms with Crippen molar-refractivity contribution in [3.8, 4) is 5.75 Å². The highest BCUT2D eigenvalue weighted by atomic mass is 32.2. The molecule has 0 spiro atoms. The summed E-state index contributed by atoms with van der Waals surface area (Å²) in [7, 11) is -0.448. The van der Waals surface area contributed by atoms with Gasteiger partial charge in [-0.3, -0.25) is 14.4 Å². The lowest BCUT2D eigenvalue weighted by Crippen LogP contribution is -2.47. The van der Waals surface area contributed by atoms with Gasteiger partial charge in [-0.2, -0.15) is 13.2 Å². The van der Waals surface area contributed by atoms with Gasteiger partial charge in [0, 0.05) is 45.9 Å². The van der Waals surface area contributed by atoms with Gasteiger partial charge < -0.3 is 14.4 Å². The molecule has 1 aromatic rings. The molecule has 1 aliphatic heterocycles. The number of methoxy groups -OCH3 is 1. The van der Waals surface area contributed by atoms with Crippen LogP contribution >= 0.6 is 0 Å². The molecule has 33 heavy (non-hydrogen) atoms. The summed E-state index contributed by atoms with van der Waals surface area (Å²) in [6.07, 6.45) is -4.65. The summed E-state index contributed by atoms with van der Waals surface area (Å²) in [5, 5.41) is 0. The van der Waals surface area contributed by atoms with Gasteiger partial charge >= 0.3 is 6.18 Å². The Hall–Kier alpha value is -2.05. The molecular weight excluding hydrogens is 463 g/mol. The van der Waals surface area contributed by atoms with Crippen molar-refractivity contribution >= 4 is 21.6 Å². The number of nitrogens with one attached hydrogen (secondary N) is 1. The van der Waals surface area contributed by atoms with Crippen molar-refractivity contribution in [1.29, 1.82) is 0 Å². The van der Waals surface area contributed by atoms with Crippen molar-refractivity contribution < 1.29 is 35.9 Å². The van der Waals surface area contributed by atoms with E-state index in [1.165, 1.54) is 30.2 Å². The molecule has 0 aromatic heterocycles. The number of ether oxygens (including phenoxy) is 2. The van der Waals surface area contributed by atoms with Gasteiger partial charge in [-0.25, -0.2) is 8.42 Å². The molecule has 1 amide bonds. The van der Waals surface area contributed by atoms with Crippen LogP contribution in [0.5, 0.6) is 5.75 Å². The summed E-state index contributed by atoms with van der Waals surface area (Å²) in [6.45, 7) is 3.98.